The third kappa shape index (κ3) is 16.6. The zero-order chi connectivity index (χ0) is 47.6. The second-order valence-electron chi connectivity index (χ2n) is 14.2. The Hall–Kier alpha value is -5.35. The van der Waals surface area contributed by atoms with E-state index in [1.807, 2.05) is 93.8 Å². The highest BCUT2D eigenvalue weighted by Crippen LogP contribution is 2.36. The van der Waals surface area contributed by atoms with Gasteiger partial charge in [-0.05, 0) is 149 Å². The number of aromatic carboxylic acids is 1. The number of halogens is 4. The Labute approximate surface area is 409 Å². The van der Waals surface area contributed by atoms with E-state index in [9.17, 15) is 14.4 Å². The number of hydrazine groups is 1. The number of esters is 1. The summed E-state index contributed by atoms with van der Waals surface area (Å²) >= 11 is 13.1. The normalized spacial score (nSPS) is 12.9. The van der Waals surface area contributed by atoms with Crippen LogP contribution in [-0.2, 0) is 14.0 Å². The summed E-state index contributed by atoms with van der Waals surface area (Å²) in [7, 11) is -0.350. The van der Waals surface area contributed by atoms with Crippen molar-refractivity contribution in [1.82, 2.24) is 25.8 Å². The fraction of sp³-hybridized carbons (Fsp3) is 0.178. The van der Waals surface area contributed by atoms with E-state index in [0.29, 0.717) is 35.1 Å². The summed E-state index contributed by atoms with van der Waals surface area (Å²) in [5, 5.41) is 23.4. The molecular formula is C45H43BBr4N6O9. The number of aromatic nitrogens is 4. The van der Waals surface area contributed by atoms with Crippen LogP contribution in [0.25, 0.3) is 22.9 Å². The van der Waals surface area contributed by atoms with Crippen molar-refractivity contribution in [3.63, 3.8) is 0 Å². The summed E-state index contributed by atoms with van der Waals surface area (Å²) in [6.07, 6.45) is 2.63. The molecule has 0 spiro atoms. The monoisotopic (exact) mass is 1140 g/mol. The molecule has 1 amide bonds. The minimum atomic E-state index is -0.896. The number of nitrogens with two attached hydrogens (primary N) is 1. The lowest BCUT2D eigenvalue weighted by atomic mass is 9.79. The van der Waals surface area contributed by atoms with Gasteiger partial charge < -0.3 is 28.0 Å². The van der Waals surface area contributed by atoms with Crippen LogP contribution < -0.4 is 16.7 Å². The Kier molecular flexibility index (Phi) is 20.4. The van der Waals surface area contributed by atoms with Crippen LogP contribution in [0.3, 0.4) is 0 Å². The Balaban J connectivity index is 0.000000183. The van der Waals surface area contributed by atoms with Gasteiger partial charge in [-0.3, -0.25) is 10.2 Å². The molecule has 3 heterocycles. The van der Waals surface area contributed by atoms with E-state index < -0.39 is 5.97 Å². The molecule has 1 fully saturated rings. The molecule has 0 aliphatic carbocycles. The largest absolute Gasteiger partial charge is 0.494 e. The number of benzene rings is 5. The van der Waals surface area contributed by atoms with Crippen LogP contribution in [0.15, 0.2) is 161 Å². The lowest BCUT2D eigenvalue weighted by Gasteiger charge is -2.32. The van der Waals surface area contributed by atoms with Crippen molar-refractivity contribution >= 4 is 94.1 Å². The first kappa shape index (κ1) is 52.3. The molecule has 1 aliphatic rings. The molecule has 0 saturated carbocycles. The molecule has 0 bridgehead atoms. The number of amides is 1. The number of nitrogens with zero attached hydrogens (tertiary/aromatic N) is 4. The summed E-state index contributed by atoms with van der Waals surface area (Å²) in [5.74, 6) is 4.53. The smallest absolute Gasteiger partial charge is 0.478 e. The van der Waals surface area contributed by atoms with Gasteiger partial charge in [0.05, 0.1) is 28.9 Å². The number of hydrogen-bond donors (Lipinski definition) is 3. The number of nitrogens with one attached hydrogen (secondary N) is 1. The maximum absolute atomic E-state index is 11.1. The Morgan fingerprint density at radius 2 is 0.985 bits per heavy atom. The predicted molar refractivity (Wildman–Crippen MR) is 260 cm³/mol. The van der Waals surface area contributed by atoms with Gasteiger partial charge in [-0.15, -0.1) is 20.4 Å². The molecule has 2 aromatic heterocycles. The standard InChI is InChI=1S/C14H17BN2O3.C9H9BrO2.C8H5BrN2O.C7H7BrN2O.C7H5BrO2/c1-13(2)14(3,4)20-15(19-13)11-7-5-10(6-8-11)12-17-16-9-18-12;1-2-12-9(11)7-3-5-8(10)6-4-7;9-7-3-1-6(2-4-7)8-11-10-5-12-8;8-6-3-1-5(2-4-6)7(11)10-9;8-6-3-1-5(2-4-6)7(9)10/h5-9H,1-4H3;3-6H,2H2,1H3;1-5H;1-4H,9H2,(H,10,11);1-4H,(H,9,10). The molecule has 20 heteroatoms. The highest BCUT2D eigenvalue weighted by molar-refractivity contribution is 9.11. The summed E-state index contributed by atoms with van der Waals surface area (Å²) in [4.78, 5) is 32.3. The number of hydrogen-bond acceptors (Lipinski definition) is 13. The van der Waals surface area contributed by atoms with Gasteiger partial charge in [0.15, 0.2) is 0 Å². The van der Waals surface area contributed by atoms with Gasteiger partial charge in [-0.25, -0.2) is 15.4 Å². The van der Waals surface area contributed by atoms with Gasteiger partial charge in [0, 0.05) is 34.6 Å². The number of carboxylic acids is 1. The lowest BCUT2D eigenvalue weighted by Crippen LogP contribution is -2.41. The van der Waals surface area contributed by atoms with E-state index in [4.69, 9.17) is 33.8 Å². The summed E-state index contributed by atoms with van der Waals surface area (Å²) in [6, 6.07) is 36.0. The van der Waals surface area contributed by atoms with E-state index in [0.717, 1.165) is 34.5 Å². The minimum Gasteiger partial charge on any atom is -0.478 e. The molecule has 5 aromatic carbocycles. The van der Waals surface area contributed by atoms with Crippen LogP contribution in [0.4, 0.5) is 0 Å². The van der Waals surface area contributed by atoms with Crippen molar-refractivity contribution in [2.24, 2.45) is 5.84 Å². The van der Waals surface area contributed by atoms with Gasteiger partial charge in [0.2, 0.25) is 24.6 Å². The first-order chi connectivity index (χ1) is 30.9. The summed E-state index contributed by atoms with van der Waals surface area (Å²) < 4.78 is 30.8. The summed E-state index contributed by atoms with van der Waals surface area (Å²) in [5.41, 5.74) is 5.61. The second kappa shape index (κ2) is 25.4. The van der Waals surface area contributed by atoms with Crippen LogP contribution >= 0.6 is 63.7 Å². The van der Waals surface area contributed by atoms with Crippen molar-refractivity contribution in [2.45, 2.75) is 45.8 Å². The van der Waals surface area contributed by atoms with Crippen molar-refractivity contribution in [2.75, 3.05) is 6.61 Å². The zero-order valence-corrected chi connectivity index (χ0v) is 41.9. The Morgan fingerprint density at radius 3 is 1.34 bits per heavy atom. The number of ether oxygens (including phenoxy) is 1. The first-order valence-electron chi connectivity index (χ1n) is 19.3. The molecule has 15 nitrogen and oxygen atoms in total. The van der Waals surface area contributed by atoms with E-state index in [1.165, 1.54) is 12.8 Å². The maximum atomic E-state index is 11.1. The fourth-order valence-electron chi connectivity index (χ4n) is 5.03. The highest BCUT2D eigenvalue weighted by atomic mass is 79.9. The quantitative estimate of drug-likeness (QED) is 0.0445. The van der Waals surface area contributed by atoms with Crippen molar-refractivity contribution < 1.29 is 42.4 Å². The van der Waals surface area contributed by atoms with Gasteiger partial charge >= 0.3 is 19.1 Å². The SMILES string of the molecule is Brc1ccc(-c2nnco2)cc1.CC1(C)OB(c2ccc(-c3nnco3)cc2)OC1(C)C.CCOC(=O)c1ccc(Br)cc1.NNC(=O)c1ccc(Br)cc1.O=C(O)c1ccc(Br)cc1. The third-order valence-electron chi connectivity index (χ3n) is 9.18. The van der Waals surface area contributed by atoms with E-state index >= 15 is 0 Å². The average Bonchev–Trinajstić information content (AvgIpc) is 4.08. The molecule has 8 rings (SSSR count). The topological polar surface area (TPSA) is 215 Å². The first-order valence-corrected chi connectivity index (χ1v) is 22.5. The van der Waals surface area contributed by atoms with Crippen LogP contribution in [0.2, 0.25) is 0 Å². The number of carbonyl (C=O) groups excluding carboxylic acids is 2. The average molecular weight is 1140 g/mol. The van der Waals surface area contributed by atoms with Crippen molar-refractivity contribution in [1.29, 1.82) is 0 Å². The van der Waals surface area contributed by atoms with Crippen LogP contribution in [0, 0.1) is 0 Å². The number of carboxylic acid groups (broad SMARTS) is 1. The molecule has 0 unspecified atom stereocenters. The van der Waals surface area contributed by atoms with Crippen LogP contribution in [0.5, 0.6) is 0 Å². The Morgan fingerprint density at radius 1 is 0.615 bits per heavy atom. The maximum Gasteiger partial charge on any atom is 0.494 e. The molecule has 0 radical (unpaired) electrons. The molecule has 7 aromatic rings. The van der Waals surface area contributed by atoms with E-state index in [-0.39, 0.29) is 30.2 Å². The second-order valence-corrected chi connectivity index (χ2v) is 17.9. The van der Waals surface area contributed by atoms with Crippen molar-refractivity contribution in [3.8, 4) is 22.9 Å². The molecule has 65 heavy (non-hydrogen) atoms. The van der Waals surface area contributed by atoms with Gasteiger partial charge in [-0.2, -0.15) is 0 Å². The minimum absolute atomic E-state index is 0.273. The molecule has 338 valence electrons. The van der Waals surface area contributed by atoms with Crippen LogP contribution in [0.1, 0.15) is 65.7 Å². The number of carbonyl (C=O) groups is 3. The highest BCUT2D eigenvalue weighted by Gasteiger charge is 2.51. The molecule has 1 aliphatic heterocycles. The van der Waals surface area contributed by atoms with E-state index in [1.54, 1.807) is 67.6 Å². The number of nitrogen functional groups attached to an aromatic ring is 1. The third-order valence-corrected chi connectivity index (χ3v) is 11.3. The Bertz CT molecular complexity index is 2520. The molecule has 0 atom stereocenters. The molecular weight excluding hydrogens is 1100 g/mol. The van der Waals surface area contributed by atoms with Gasteiger partial charge in [0.25, 0.3) is 5.91 Å². The van der Waals surface area contributed by atoms with Gasteiger partial charge in [0.1, 0.15) is 0 Å². The molecule has 4 N–H and O–H groups in total. The predicted octanol–water partition coefficient (Wildman–Crippen LogP) is 10.4. The van der Waals surface area contributed by atoms with E-state index in [2.05, 4.69) is 84.1 Å². The lowest BCUT2D eigenvalue weighted by molar-refractivity contribution is 0.00578. The zero-order valence-electron chi connectivity index (χ0n) is 35.6. The van der Waals surface area contributed by atoms with Gasteiger partial charge in [-0.1, -0.05) is 75.9 Å². The van der Waals surface area contributed by atoms with Crippen molar-refractivity contribution in [3.05, 3.63) is 169 Å². The fourth-order valence-corrected chi connectivity index (χ4v) is 6.09. The molecule has 1 saturated heterocycles. The number of rotatable bonds is 7. The van der Waals surface area contributed by atoms with Crippen LogP contribution in [-0.4, -0.2) is 68.3 Å². The summed E-state index contributed by atoms with van der Waals surface area (Å²) in [6.45, 7) is 10.4.